The lowest BCUT2D eigenvalue weighted by atomic mass is 9.99. The smallest absolute Gasteiger partial charge is 0.223 e. The molecule has 0 atom stereocenters. The van der Waals surface area contributed by atoms with E-state index < -0.39 is 10.0 Å². The first-order chi connectivity index (χ1) is 9.49. The second-order valence-corrected chi connectivity index (χ2v) is 7.87. The molecule has 0 bridgehead atoms. The Kier molecular flexibility index (Phi) is 5.40. The third-order valence-corrected chi connectivity index (χ3v) is 6.05. The number of sulfonamides is 1. The number of piperidine rings is 1. The second-order valence-electron chi connectivity index (χ2n) is 5.78. The van der Waals surface area contributed by atoms with E-state index in [9.17, 15) is 13.2 Å². The average Bonchev–Trinajstić information content (AvgIpc) is 2.46. The fraction of sp³-hybridized carbons (Fsp3) is 0.923. The van der Waals surface area contributed by atoms with Crippen LogP contribution >= 0.6 is 0 Å². The van der Waals surface area contributed by atoms with Crippen molar-refractivity contribution in [2.24, 2.45) is 5.92 Å². The Morgan fingerprint density at radius 2 is 1.75 bits per heavy atom. The van der Waals surface area contributed by atoms with Crippen LogP contribution in [0.5, 0.6) is 0 Å². The molecule has 2 fully saturated rings. The second kappa shape index (κ2) is 6.87. The van der Waals surface area contributed by atoms with Crippen LogP contribution in [0.25, 0.3) is 0 Å². The van der Waals surface area contributed by atoms with Gasteiger partial charge in [0.05, 0.1) is 5.75 Å². The zero-order chi connectivity index (χ0) is 14.6. The number of carbonyl (C=O) groups is 1. The highest BCUT2D eigenvalue weighted by molar-refractivity contribution is 7.89. The molecule has 2 aliphatic rings. The predicted octanol–water partition coefficient (Wildman–Crippen LogP) is -0.130. The lowest BCUT2D eigenvalue weighted by molar-refractivity contribution is -0.132. The topological polar surface area (TPSA) is 69.7 Å². The SMILES string of the molecule is CC1CCN(C(=O)CCS(=O)(=O)N2CCNCC2)CC1. The Balaban J connectivity index is 1.80. The van der Waals surface area contributed by atoms with Gasteiger partial charge in [0, 0.05) is 45.7 Å². The summed E-state index contributed by atoms with van der Waals surface area (Å²) in [4.78, 5) is 13.9. The molecule has 0 unspecified atom stereocenters. The molecule has 20 heavy (non-hydrogen) atoms. The Morgan fingerprint density at radius 3 is 2.35 bits per heavy atom. The lowest BCUT2D eigenvalue weighted by Gasteiger charge is -2.31. The first-order valence-corrected chi connectivity index (χ1v) is 9.06. The number of carbonyl (C=O) groups excluding carboxylic acids is 1. The zero-order valence-electron chi connectivity index (χ0n) is 12.2. The molecule has 1 amide bonds. The summed E-state index contributed by atoms with van der Waals surface area (Å²) >= 11 is 0. The maximum Gasteiger partial charge on any atom is 0.223 e. The van der Waals surface area contributed by atoms with Crippen LogP contribution in [-0.4, -0.2) is 68.6 Å². The first kappa shape index (κ1) is 15.7. The summed E-state index contributed by atoms with van der Waals surface area (Å²) in [6, 6.07) is 0. The van der Waals surface area contributed by atoms with Gasteiger partial charge in [-0.05, 0) is 18.8 Å². The van der Waals surface area contributed by atoms with Gasteiger partial charge in [0.1, 0.15) is 0 Å². The van der Waals surface area contributed by atoms with Crippen molar-refractivity contribution < 1.29 is 13.2 Å². The summed E-state index contributed by atoms with van der Waals surface area (Å²) in [5.41, 5.74) is 0. The molecule has 2 saturated heterocycles. The Hall–Kier alpha value is -0.660. The van der Waals surface area contributed by atoms with Crippen molar-refractivity contribution in [1.29, 1.82) is 0 Å². The summed E-state index contributed by atoms with van der Waals surface area (Å²) in [5, 5.41) is 3.13. The van der Waals surface area contributed by atoms with Gasteiger partial charge in [-0.2, -0.15) is 4.31 Å². The van der Waals surface area contributed by atoms with Crippen LogP contribution in [0.2, 0.25) is 0 Å². The van der Waals surface area contributed by atoms with E-state index in [2.05, 4.69) is 12.2 Å². The average molecular weight is 303 g/mol. The summed E-state index contributed by atoms with van der Waals surface area (Å²) in [7, 11) is -3.28. The molecule has 0 aromatic carbocycles. The lowest BCUT2D eigenvalue weighted by Crippen LogP contribution is -2.47. The van der Waals surface area contributed by atoms with E-state index in [4.69, 9.17) is 0 Å². The Labute approximate surface area is 121 Å². The number of nitrogens with one attached hydrogen (secondary N) is 1. The molecular weight excluding hydrogens is 278 g/mol. The third-order valence-electron chi connectivity index (χ3n) is 4.18. The molecule has 2 aliphatic heterocycles. The summed E-state index contributed by atoms with van der Waals surface area (Å²) in [5.74, 6) is 0.594. The van der Waals surface area contributed by atoms with E-state index in [0.717, 1.165) is 25.9 Å². The minimum atomic E-state index is -3.28. The molecule has 0 spiro atoms. The van der Waals surface area contributed by atoms with Crippen LogP contribution in [0.15, 0.2) is 0 Å². The monoisotopic (exact) mass is 303 g/mol. The van der Waals surface area contributed by atoms with Gasteiger partial charge >= 0.3 is 0 Å². The maximum absolute atomic E-state index is 12.2. The van der Waals surface area contributed by atoms with Gasteiger partial charge in [0.15, 0.2) is 0 Å². The van der Waals surface area contributed by atoms with Crippen LogP contribution in [0.4, 0.5) is 0 Å². The number of hydrogen-bond acceptors (Lipinski definition) is 4. The highest BCUT2D eigenvalue weighted by Crippen LogP contribution is 2.17. The Morgan fingerprint density at radius 1 is 1.15 bits per heavy atom. The van der Waals surface area contributed by atoms with Crippen molar-refractivity contribution in [2.45, 2.75) is 26.2 Å². The van der Waals surface area contributed by atoms with Crippen LogP contribution < -0.4 is 5.32 Å². The third kappa shape index (κ3) is 4.17. The van der Waals surface area contributed by atoms with Crippen LogP contribution in [0, 0.1) is 5.92 Å². The van der Waals surface area contributed by atoms with Crippen molar-refractivity contribution in [3.63, 3.8) is 0 Å². The summed E-state index contributed by atoms with van der Waals surface area (Å²) in [6.45, 7) is 6.14. The van der Waals surface area contributed by atoms with Crippen molar-refractivity contribution in [1.82, 2.24) is 14.5 Å². The maximum atomic E-state index is 12.2. The number of nitrogens with zero attached hydrogens (tertiary/aromatic N) is 2. The standard InChI is InChI=1S/C13H25N3O3S/c1-12-2-7-15(8-3-12)13(17)4-11-20(18,19)16-9-5-14-6-10-16/h12,14H,2-11H2,1H3. The van der Waals surface area contributed by atoms with E-state index >= 15 is 0 Å². The van der Waals surface area contributed by atoms with E-state index in [1.165, 1.54) is 4.31 Å². The largest absolute Gasteiger partial charge is 0.343 e. The molecule has 6 nitrogen and oxygen atoms in total. The molecule has 116 valence electrons. The van der Waals surface area contributed by atoms with Gasteiger partial charge in [-0.3, -0.25) is 4.79 Å². The number of piperazine rings is 1. The van der Waals surface area contributed by atoms with Crippen LogP contribution in [0.3, 0.4) is 0 Å². The minimum absolute atomic E-state index is 0.0180. The highest BCUT2D eigenvalue weighted by Gasteiger charge is 2.26. The number of amides is 1. The molecule has 0 saturated carbocycles. The van der Waals surface area contributed by atoms with E-state index in [-0.39, 0.29) is 18.1 Å². The predicted molar refractivity (Wildman–Crippen MR) is 77.8 cm³/mol. The summed E-state index contributed by atoms with van der Waals surface area (Å²) < 4.78 is 25.8. The first-order valence-electron chi connectivity index (χ1n) is 7.45. The number of hydrogen-bond donors (Lipinski definition) is 1. The molecule has 1 N–H and O–H groups in total. The number of rotatable bonds is 4. The molecule has 2 rings (SSSR count). The molecule has 0 aromatic rings. The molecule has 0 aromatic heterocycles. The van der Waals surface area contributed by atoms with Crippen LogP contribution in [0.1, 0.15) is 26.2 Å². The minimum Gasteiger partial charge on any atom is -0.343 e. The fourth-order valence-corrected chi connectivity index (χ4v) is 4.11. The van der Waals surface area contributed by atoms with Gasteiger partial charge in [-0.15, -0.1) is 0 Å². The van der Waals surface area contributed by atoms with Crippen molar-refractivity contribution >= 4 is 15.9 Å². The molecule has 0 aliphatic carbocycles. The molecular formula is C13H25N3O3S. The number of likely N-dealkylation sites (tertiary alicyclic amines) is 1. The van der Waals surface area contributed by atoms with Crippen molar-refractivity contribution in [3.05, 3.63) is 0 Å². The summed E-state index contributed by atoms with van der Waals surface area (Å²) in [6.07, 6.45) is 2.16. The fourth-order valence-electron chi connectivity index (χ4n) is 2.68. The van der Waals surface area contributed by atoms with E-state index in [0.29, 0.717) is 32.1 Å². The van der Waals surface area contributed by atoms with E-state index in [1.54, 1.807) is 0 Å². The van der Waals surface area contributed by atoms with Crippen LogP contribution in [-0.2, 0) is 14.8 Å². The molecule has 2 heterocycles. The van der Waals surface area contributed by atoms with Gasteiger partial charge in [-0.1, -0.05) is 6.92 Å². The Bertz CT molecular complexity index is 424. The quantitative estimate of drug-likeness (QED) is 0.785. The van der Waals surface area contributed by atoms with Gasteiger partial charge in [0.2, 0.25) is 15.9 Å². The van der Waals surface area contributed by atoms with Crippen molar-refractivity contribution in [3.8, 4) is 0 Å². The zero-order valence-corrected chi connectivity index (χ0v) is 13.0. The normalized spacial score (nSPS) is 22.9. The van der Waals surface area contributed by atoms with Crippen molar-refractivity contribution in [2.75, 3.05) is 45.0 Å². The highest BCUT2D eigenvalue weighted by atomic mass is 32.2. The molecule has 0 radical (unpaired) electrons. The van der Waals surface area contributed by atoms with E-state index in [1.807, 2.05) is 4.90 Å². The van der Waals surface area contributed by atoms with Gasteiger partial charge in [-0.25, -0.2) is 8.42 Å². The van der Waals surface area contributed by atoms with Gasteiger partial charge < -0.3 is 10.2 Å². The molecule has 7 heteroatoms. The van der Waals surface area contributed by atoms with Gasteiger partial charge in [0.25, 0.3) is 0 Å².